The topological polar surface area (TPSA) is 121 Å². The number of nitrogens with two attached hydrogens (primary N) is 1. The van der Waals surface area contributed by atoms with E-state index < -0.39 is 6.04 Å². The van der Waals surface area contributed by atoms with E-state index in [1.807, 2.05) is 73.3 Å². The number of amides is 1. The molecule has 6 rings (SSSR count). The van der Waals surface area contributed by atoms with Crippen LogP contribution >= 0.6 is 0 Å². The lowest BCUT2D eigenvalue weighted by Gasteiger charge is -2.16. The lowest BCUT2D eigenvalue weighted by atomic mass is 10.1. The van der Waals surface area contributed by atoms with Crippen molar-refractivity contribution in [3.63, 3.8) is 0 Å². The van der Waals surface area contributed by atoms with Gasteiger partial charge >= 0.3 is 0 Å². The third kappa shape index (κ3) is 4.02. The summed E-state index contributed by atoms with van der Waals surface area (Å²) >= 11 is 0. The fraction of sp³-hybridized carbons (Fsp3) is 0.107. The van der Waals surface area contributed by atoms with Crippen LogP contribution in [0.25, 0.3) is 22.4 Å². The van der Waals surface area contributed by atoms with Crippen molar-refractivity contribution in [3.8, 4) is 17.5 Å². The van der Waals surface area contributed by atoms with Gasteiger partial charge in [-0.2, -0.15) is 5.10 Å². The van der Waals surface area contributed by atoms with Crippen LogP contribution in [0.4, 0.5) is 5.82 Å². The number of imidazole rings is 1. The molecule has 0 radical (unpaired) electrons. The van der Waals surface area contributed by atoms with Gasteiger partial charge in [0.25, 0.3) is 5.91 Å². The monoisotopic (exact) mass is 501 g/mol. The number of hydrogen-bond acceptors (Lipinski definition) is 6. The van der Waals surface area contributed by atoms with Crippen LogP contribution in [0.2, 0.25) is 0 Å². The molecule has 186 valence electrons. The molecule has 1 atom stereocenters. The minimum atomic E-state index is -0.479. The highest BCUT2D eigenvalue weighted by molar-refractivity contribution is 6.04. The maximum absolute atomic E-state index is 13.4. The number of carbonyl (C=O) groups excluding carboxylic acids is 1. The molecule has 0 aliphatic carbocycles. The summed E-state index contributed by atoms with van der Waals surface area (Å²) in [6.45, 7) is 1.88. The second-order valence-corrected chi connectivity index (χ2v) is 8.81. The Morgan fingerprint density at radius 2 is 1.92 bits per heavy atom. The molecule has 1 unspecified atom stereocenters. The molecule has 1 amide bonds. The van der Waals surface area contributed by atoms with Gasteiger partial charge in [-0.1, -0.05) is 36.1 Å². The van der Waals surface area contributed by atoms with E-state index in [9.17, 15) is 4.79 Å². The summed E-state index contributed by atoms with van der Waals surface area (Å²) in [6.07, 6.45) is 6.89. The van der Waals surface area contributed by atoms with Crippen LogP contribution in [0.1, 0.15) is 40.3 Å². The lowest BCUT2D eigenvalue weighted by Crippen LogP contribution is -2.29. The summed E-state index contributed by atoms with van der Waals surface area (Å²) < 4.78 is 5.24. The number of aryl methyl sites for hydroxylation is 1. The predicted molar refractivity (Wildman–Crippen MR) is 144 cm³/mol. The van der Waals surface area contributed by atoms with E-state index in [4.69, 9.17) is 10.7 Å². The van der Waals surface area contributed by atoms with Gasteiger partial charge in [-0.05, 0) is 37.3 Å². The van der Waals surface area contributed by atoms with E-state index in [-0.39, 0.29) is 17.3 Å². The first-order valence-corrected chi connectivity index (χ1v) is 12.0. The standard InChI is InChI=1S/C28H23N9O/c1-18(32-28(38)23-25(29)34-36-15-7-14-30-27(23)36)26-33-22-11-6-8-20(13-12-19-16-31-35(2)17-19)24(22)37(26)21-9-4-3-5-10-21/h3-11,14-18H,1-2H3,(H2,29,34)(H,32,38). The third-order valence-electron chi connectivity index (χ3n) is 6.15. The van der Waals surface area contributed by atoms with Crippen molar-refractivity contribution >= 4 is 28.4 Å². The number of benzene rings is 2. The molecule has 2 aromatic carbocycles. The molecule has 38 heavy (non-hydrogen) atoms. The molecule has 6 aromatic rings. The number of nitrogens with zero attached hydrogens (tertiary/aromatic N) is 7. The van der Waals surface area contributed by atoms with Gasteiger partial charge in [-0.15, -0.1) is 5.10 Å². The number of anilines is 1. The number of nitrogen functional groups attached to an aromatic ring is 1. The number of fused-ring (bicyclic) bond motifs is 2. The number of aromatic nitrogens is 7. The molecule has 4 aromatic heterocycles. The van der Waals surface area contributed by atoms with E-state index in [1.165, 1.54) is 4.52 Å². The van der Waals surface area contributed by atoms with E-state index in [0.717, 1.165) is 27.8 Å². The largest absolute Gasteiger partial charge is 0.381 e. The zero-order valence-corrected chi connectivity index (χ0v) is 20.7. The number of rotatable bonds is 4. The predicted octanol–water partition coefficient (Wildman–Crippen LogP) is 3.27. The van der Waals surface area contributed by atoms with Crippen LogP contribution in [-0.4, -0.2) is 39.8 Å². The molecule has 0 saturated heterocycles. The van der Waals surface area contributed by atoms with Crippen molar-refractivity contribution in [1.29, 1.82) is 0 Å². The second-order valence-electron chi connectivity index (χ2n) is 8.81. The van der Waals surface area contributed by atoms with Crippen LogP contribution in [-0.2, 0) is 7.05 Å². The average Bonchev–Trinajstić information content (AvgIpc) is 3.62. The van der Waals surface area contributed by atoms with Gasteiger partial charge < -0.3 is 11.1 Å². The summed E-state index contributed by atoms with van der Waals surface area (Å²) in [7, 11) is 1.86. The first-order chi connectivity index (χ1) is 18.5. The van der Waals surface area contributed by atoms with E-state index >= 15 is 0 Å². The second kappa shape index (κ2) is 9.22. The molecule has 0 aliphatic rings. The number of nitrogens with one attached hydrogen (secondary N) is 1. The molecule has 0 saturated carbocycles. The molecule has 0 bridgehead atoms. The van der Waals surface area contributed by atoms with Crippen molar-refractivity contribution < 1.29 is 4.79 Å². The van der Waals surface area contributed by atoms with Gasteiger partial charge in [0.2, 0.25) is 0 Å². The number of hydrogen-bond donors (Lipinski definition) is 2. The molecule has 10 heteroatoms. The zero-order chi connectivity index (χ0) is 26.2. The first-order valence-electron chi connectivity index (χ1n) is 12.0. The molecule has 4 heterocycles. The van der Waals surface area contributed by atoms with Crippen molar-refractivity contribution in [2.24, 2.45) is 7.05 Å². The highest BCUT2D eigenvalue weighted by atomic mass is 16.1. The van der Waals surface area contributed by atoms with E-state index in [2.05, 4.69) is 32.3 Å². The van der Waals surface area contributed by atoms with Crippen molar-refractivity contribution in [3.05, 3.63) is 102 Å². The molecule has 0 aliphatic heterocycles. The molecule has 3 N–H and O–H groups in total. The Labute approximate surface area is 217 Å². The Bertz CT molecular complexity index is 1870. The minimum Gasteiger partial charge on any atom is -0.381 e. The highest BCUT2D eigenvalue weighted by Crippen LogP contribution is 2.28. The molecule has 10 nitrogen and oxygen atoms in total. The SMILES string of the molecule is CC(NC(=O)c1c(N)nn2cccnc12)c1nc2cccc(C#Cc3cnn(C)c3)c2n1-c1ccccc1. The first kappa shape index (κ1) is 23.0. The van der Waals surface area contributed by atoms with Gasteiger partial charge in [0.15, 0.2) is 11.5 Å². The summed E-state index contributed by atoms with van der Waals surface area (Å²) in [5.41, 5.74) is 10.8. The average molecular weight is 502 g/mol. The molecular weight excluding hydrogens is 478 g/mol. The number of carbonyl (C=O) groups is 1. The summed E-state index contributed by atoms with van der Waals surface area (Å²) in [5.74, 6) is 6.85. The van der Waals surface area contributed by atoms with Crippen molar-refractivity contribution in [1.82, 2.24) is 39.2 Å². The Hall–Kier alpha value is -5.43. The normalized spacial score (nSPS) is 11.8. The van der Waals surface area contributed by atoms with E-state index in [0.29, 0.717) is 11.5 Å². The lowest BCUT2D eigenvalue weighted by molar-refractivity contribution is 0.0940. The third-order valence-corrected chi connectivity index (χ3v) is 6.15. The quantitative estimate of drug-likeness (QED) is 0.358. The van der Waals surface area contributed by atoms with Crippen LogP contribution in [0, 0.1) is 11.8 Å². The zero-order valence-electron chi connectivity index (χ0n) is 20.7. The van der Waals surface area contributed by atoms with Gasteiger partial charge in [-0.25, -0.2) is 14.5 Å². The van der Waals surface area contributed by atoms with Crippen LogP contribution in [0.3, 0.4) is 0 Å². The van der Waals surface area contributed by atoms with Crippen molar-refractivity contribution in [2.45, 2.75) is 13.0 Å². The van der Waals surface area contributed by atoms with Crippen LogP contribution in [0.15, 0.2) is 79.4 Å². The van der Waals surface area contributed by atoms with Crippen molar-refractivity contribution in [2.75, 3.05) is 5.73 Å². The maximum Gasteiger partial charge on any atom is 0.259 e. The Morgan fingerprint density at radius 1 is 1.08 bits per heavy atom. The summed E-state index contributed by atoms with van der Waals surface area (Å²) in [5, 5.41) is 11.4. The fourth-order valence-electron chi connectivity index (χ4n) is 4.45. The number of para-hydroxylation sites is 2. The maximum atomic E-state index is 13.4. The highest BCUT2D eigenvalue weighted by Gasteiger charge is 2.25. The molecule has 0 spiro atoms. The van der Waals surface area contributed by atoms with Crippen LogP contribution < -0.4 is 11.1 Å². The Kier molecular flexibility index (Phi) is 5.58. The Morgan fingerprint density at radius 3 is 2.71 bits per heavy atom. The smallest absolute Gasteiger partial charge is 0.259 e. The van der Waals surface area contributed by atoms with Gasteiger partial charge in [0.05, 0.1) is 34.4 Å². The van der Waals surface area contributed by atoms with Crippen LogP contribution in [0.5, 0.6) is 0 Å². The minimum absolute atomic E-state index is 0.109. The van der Waals surface area contributed by atoms with Gasteiger partial charge in [0.1, 0.15) is 11.4 Å². The summed E-state index contributed by atoms with van der Waals surface area (Å²) in [6, 6.07) is 16.9. The molecular formula is C28H23N9O. The Balaban J connectivity index is 1.45. The molecule has 0 fully saturated rings. The van der Waals surface area contributed by atoms with Gasteiger partial charge in [0, 0.05) is 31.3 Å². The van der Waals surface area contributed by atoms with Gasteiger partial charge in [-0.3, -0.25) is 14.0 Å². The van der Waals surface area contributed by atoms with E-state index in [1.54, 1.807) is 29.3 Å². The fourth-order valence-corrected chi connectivity index (χ4v) is 4.45. The summed E-state index contributed by atoms with van der Waals surface area (Å²) in [4.78, 5) is 22.6.